The van der Waals surface area contributed by atoms with E-state index in [2.05, 4.69) is 36.0 Å². The monoisotopic (exact) mass is 402 g/mol. The molecule has 0 unspecified atom stereocenters. The predicted molar refractivity (Wildman–Crippen MR) is 119 cm³/mol. The lowest BCUT2D eigenvalue weighted by Gasteiger charge is -2.21. The van der Waals surface area contributed by atoms with Gasteiger partial charge in [0, 0.05) is 36.8 Å². The quantitative estimate of drug-likeness (QED) is 0.501. The highest BCUT2D eigenvalue weighted by Crippen LogP contribution is 2.40. The molecule has 0 amide bonds. The molecule has 0 N–H and O–H groups in total. The Labute approximate surface area is 178 Å². The number of aromatic nitrogens is 2. The van der Waals surface area contributed by atoms with Gasteiger partial charge in [0.15, 0.2) is 0 Å². The molecule has 30 heavy (non-hydrogen) atoms. The van der Waals surface area contributed by atoms with Crippen molar-refractivity contribution in [2.75, 3.05) is 7.11 Å². The van der Waals surface area contributed by atoms with Gasteiger partial charge < -0.3 is 9.30 Å². The Balaban J connectivity index is 1.50. The first kappa shape index (κ1) is 19.3. The molecule has 2 aliphatic carbocycles. The summed E-state index contributed by atoms with van der Waals surface area (Å²) in [5, 5.41) is 1.36. The van der Waals surface area contributed by atoms with E-state index >= 15 is 0 Å². The van der Waals surface area contributed by atoms with E-state index in [9.17, 15) is 4.79 Å². The number of hydrogen-bond acceptors (Lipinski definition) is 3. The number of hydrogen-bond donors (Lipinski definition) is 0. The zero-order valence-corrected chi connectivity index (χ0v) is 18.0. The second kappa shape index (κ2) is 7.90. The van der Waals surface area contributed by atoms with Crippen LogP contribution in [-0.2, 0) is 18.2 Å². The SMILES string of the molecule is COC(=O)c1cc(C2CC2)cnc1Cc1ccc2c(c1)c(C1CCCCC1)cn2C. The van der Waals surface area contributed by atoms with Crippen molar-refractivity contribution in [1.29, 1.82) is 0 Å². The Kier molecular flexibility index (Phi) is 5.10. The van der Waals surface area contributed by atoms with Crippen LogP contribution in [0.4, 0.5) is 0 Å². The van der Waals surface area contributed by atoms with Crippen molar-refractivity contribution >= 4 is 16.9 Å². The summed E-state index contributed by atoms with van der Waals surface area (Å²) in [6, 6.07) is 8.70. The van der Waals surface area contributed by atoms with Crippen LogP contribution in [0.5, 0.6) is 0 Å². The molecule has 0 aliphatic heterocycles. The molecule has 2 aromatic heterocycles. The van der Waals surface area contributed by atoms with Crippen LogP contribution in [0.3, 0.4) is 0 Å². The maximum absolute atomic E-state index is 12.4. The third kappa shape index (κ3) is 3.64. The van der Waals surface area contributed by atoms with Crippen molar-refractivity contribution in [3.8, 4) is 0 Å². The van der Waals surface area contributed by atoms with Crippen molar-refractivity contribution in [2.45, 2.75) is 63.2 Å². The Bertz CT molecular complexity index is 1090. The normalized spacial score (nSPS) is 17.4. The first-order valence-corrected chi connectivity index (χ1v) is 11.3. The van der Waals surface area contributed by atoms with E-state index in [4.69, 9.17) is 9.72 Å². The van der Waals surface area contributed by atoms with Gasteiger partial charge in [-0.05, 0) is 72.4 Å². The van der Waals surface area contributed by atoms with Crippen LogP contribution in [0, 0.1) is 0 Å². The van der Waals surface area contributed by atoms with Gasteiger partial charge in [-0.1, -0.05) is 25.3 Å². The lowest BCUT2D eigenvalue weighted by atomic mass is 9.84. The van der Waals surface area contributed by atoms with Gasteiger partial charge >= 0.3 is 5.97 Å². The van der Waals surface area contributed by atoms with E-state index in [0.717, 1.165) is 11.3 Å². The number of methoxy groups -OCH3 is 1. The summed E-state index contributed by atoms with van der Waals surface area (Å²) in [4.78, 5) is 17.1. The molecule has 0 saturated heterocycles. The molecule has 2 fully saturated rings. The Morgan fingerprint density at radius 3 is 2.63 bits per heavy atom. The second-order valence-corrected chi connectivity index (χ2v) is 9.09. The molecular weight excluding hydrogens is 372 g/mol. The van der Waals surface area contributed by atoms with E-state index in [1.54, 1.807) is 0 Å². The molecule has 4 nitrogen and oxygen atoms in total. The third-order valence-electron chi connectivity index (χ3n) is 6.95. The summed E-state index contributed by atoms with van der Waals surface area (Å²) in [5.74, 6) is 0.941. The number of carbonyl (C=O) groups is 1. The molecule has 3 aromatic rings. The van der Waals surface area contributed by atoms with E-state index in [1.165, 1.54) is 74.1 Å². The Morgan fingerprint density at radius 2 is 1.90 bits per heavy atom. The van der Waals surface area contributed by atoms with Gasteiger partial charge in [0.05, 0.1) is 18.4 Å². The van der Waals surface area contributed by atoms with E-state index in [-0.39, 0.29) is 5.97 Å². The highest BCUT2D eigenvalue weighted by Gasteiger charge is 2.26. The molecule has 0 atom stereocenters. The molecule has 2 heterocycles. The minimum atomic E-state index is -0.288. The summed E-state index contributed by atoms with van der Waals surface area (Å²) in [6.07, 6.45) is 13.9. The largest absolute Gasteiger partial charge is 0.465 e. The second-order valence-electron chi connectivity index (χ2n) is 9.09. The van der Waals surface area contributed by atoms with Crippen LogP contribution in [0.1, 0.15) is 89.5 Å². The summed E-state index contributed by atoms with van der Waals surface area (Å²) in [6.45, 7) is 0. The van der Waals surface area contributed by atoms with Gasteiger partial charge in [0.1, 0.15) is 0 Å². The Hall–Kier alpha value is -2.62. The number of aryl methyl sites for hydroxylation is 1. The zero-order valence-electron chi connectivity index (χ0n) is 18.0. The molecular formula is C26H30N2O2. The average Bonchev–Trinajstić information content (AvgIpc) is 3.58. The fraction of sp³-hybridized carbons (Fsp3) is 0.462. The molecule has 156 valence electrons. The number of rotatable bonds is 5. The van der Waals surface area contributed by atoms with E-state index in [1.807, 2.05) is 12.3 Å². The van der Waals surface area contributed by atoms with Gasteiger partial charge in [0.25, 0.3) is 0 Å². The molecule has 2 saturated carbocycles. The number of pyridine rings is 1. The number of benzene rings is 1. The predicted octanol–water partition coefficient (Wildman–Crippen LogP) is 5.88. The average molecular weight is 403 g/mol. The minimum absolute atomic E-state index is 0.288. The van der Waals surface area contributed by atoms with Gasteiger partial charge in [-0.15, -0.1) is 0 Å². The number of fused-ring (bicyclic) bond motifs is 1. The minimum Gasteiger partial charge on any atom is -0.465 e. The summed E-state index contributed by atoms with van der Waals surface area (Å²) in [5.41, 5.74) is 6.55. The fourth-order valence-electron chi connectivity index (χ4n) is 5.09. The van der Waals surface area contributed by atoms with Gasteiger partial charge in [-0.2, -0.15) is 0 Å². The van der Waals surface area contributed by atoms with Gasteiger partial charge in [-0.3, -0.25) is 4.98 Å². The lowest BCUT2D eigenvalue weighted by Crippen LogP contribution is -2.09. The number of esters is 1. The first-order valence-electron chi connectivity index (χ1n) is 11.3. The highest BCUT2D eigenvalue weighted by atomic mass is 16.5. The van der Waals surface area contributed by atoms with Crippen molar-refractivity contribution in [1.82, 2.24) is 9.55 Å². The third-order valence-corrected chi connectivity index (χ3v) is 6.95. The zero-order chi connectivity index (χ0) is 20.7. The molecule has 0 radical (unpaired) electrons. The number of nitrogens with zero attached hydrogens (tertiary/aromatic N) is 2. The lowest BCUT2D eigenvalue weighted by molar-refractivity contribution is 0.0599. The first-order chi connectivity index (χ1) is 14.6. The maximum Gasteiger partial charge on any atom is 0.339 e. The van der Waals surface area contributed by atoms with Crippen LogP contribution in [0.2, 0.25) is 0 Å². The number of ether oxygens (including phenoxy) is 1. The number of carbonyl (C=O) groups excluding carboxylic acids is 1. The van der Waals surface area contributed by atoms with Crippen molar-refractivity contribution in [3.05, 3.63) is 64.6 Å². The molecule has 5 rings (SSSR count). The summed E-state index contributed by atoms with van der Waals surface area (Å²) < 4.78 is 7.32. The van der Waals surface area contributed by atoms with Gasteiger partial charge in [0.2, 0.25) is 0 Å². The van der Waals surface area contributed by atoms with Crippen molar-refractivity contribution < 1.29 is 9.53 Å². The molecule has 0 bridgehead atoms. The van der Waals surface area contributed by atoms with Crippen LogP contribution >= 0.6 is 0 Å². The van der Waals surface area contributed by atoms with Crippen molar-refractivity contribution in [2.24, 2.45) is 7.05 Å². The van der Waals surface area contributed by atoms with E-state index < -0.39 is 0 Å². The molecule has 0 spiro atoms. The fourth-order valence-corrected chi connectivity index (χ4v) is 5.09. The van der Waals surface area contributed by atoms with Crippen LogP contribution in [-0.4, -0.2) is 22.6 Å². The molecule has 2 aliphatic rings. The summed E-state index contributed by atoms with van der Waals surface area (Å²) in [7, 11) is 3.59. The van der Waals surface area contributed by atoms with Crippen LogP contribution in [0.25, 0.3) is 10.9 Å². The van der Waals surface area contributed by atoms with Crippen LogP contribution < -0.4 is 0 Å². The summed E-state index contributed by atoms with van der Waals surface area (Å²) >= 11 is 0. The molecule has 1 aromatic carbocycles. The van der Waals surface area contributed by atoms with Gasteiger partial charge in [-0.25, -0.2) is 4.79 Å². The van der Waals surface area contributed by atoms with Crippen LogP contribution in [0.15, 0.2) is 36.7 Å². The maximum atomic E-state index is 12.4. The topological polar surface area (TPSA) is 44.1 Å². The molecule has 4 heteroatoms. The standard InChI is InChI=1S/C26H30N2O2/c1-28-16-23(19-6-4-3-5-7-19)21-12-17(8-11-25(21)28)13-24-22(26(29)30-2)14-20(15-27-24)18-9-10-18/h8,11-12,14-16,18-19H,3-7,9-10,13H2,1-2H3. The highest BCUT2D eigenvalue weighted by molar-refractivity contribution is 5.91. The van der Waals surface area contributed by atoms with Crippen molar-refractivity contribution in [3.63, 3.8) is 0 Å². The Morgan fingerprint density at radius 1 is 1.10 bits per heavy atom. The smallest absolute Gasteiger partial charge is 0.339 e. The van der Waals surface area contributed by atoms with E-state index in [0.29, 0.717) is 23.8 Å².